The molecule has 1 amide bonds. The van der Waals surface area contributed by atoms with Crippen LogP contribution in [0.5, 0.6) is 0 Å². The Morgan fingerprint density at radius 3 is 2.68 bits per heavy atom. The van der Waals surface area contributed by atoms with E-state index in [-0.39, 0.29) is 11.7 Å². The average molecular weight is 424 g/mol. The number of piperidine rings is 2. The van der Waals surface area contributed by atoms with Gasteiger partial charge in [-0.3, -0.25) is 9.69 Å². The van der Waals surface area contributed by atoms with E-state index in [1.54, 1.807) is 12.1 Å². The first-order valence-corrected chi connectivity index (χ1v) is 11.7. The molecule has 166 valence electrons. The predicted octanol–water partition coefficient (Wildman–Crippen LogP) is 3.76. The molecule has 0 spiro atoms. The largest absolute Gasteiger partial charge is 0.356 e. The summed E-state index contributed by atoms with van der Waals surface area (Å²) in [6, 6.07) is 17.7. The summed E-state index contributed by atoms with van der Waals surface area (Å²) in [6.07, 6.45) is 4.59. The van der Waals surface area contributed by atoms with E-state index in [4.69, 9.17) is 0 Å². The van der Waals surface area contributed by atoms with E-state index in [2.05, 4.69) is 45.9 Å². The van der Waals surface area contributed by atoms with Gasteiger partial charge in [0.1, 0.15) is 5.82 Å². The molecule has 2 N–H and O–H groups in total. The summed E-state index contributed by atoms with van der Waals surface area (Å²) in [5, 5.41) is 6.76. The Labute approximate surface area is 185 Å². The highest BCUT2D eigenvalue weighted by molar-refractivity contribution is 5.75. The summed E-state index contributed by atoms with van der Waals surface area (Å²) in [7, 11) is 0. The summed E-state index contributed by atoms with van der Waals surface area (Å²) in [6.45, 7) is 5.06. The Hall–Kier alpha value is -2.24. The molecule has 0 aromatic heterocycles. The number of rotatable bonds is 9. The van der Waals surface area contributed by atoms with E-state index in [0.717, 1.165) is 50.4 Å². The SMILES string of the molecule is O=C(CCC[C@H]1NC[C@@H]2C[C@@H]1CN(Cc1ccccc1)C2)NCCc1ccc(F)cc1. The number of carbonyl (C=O) groups is 1. The lowest BCUT2D eigenvalue weighted by Gasteiger charge is -2.46. The van der Waals surface area contributed by atoms with E-state index in [1.807, 2.05) is 0 Å². The molecule has 2 heterocycles. The fraction of sp³-hybridized carbons (Fsp3) is 0.500. The van der Waals surface area contributed by atoms with Gasteiger partial charge in [-0.2, -0.15) is 0 Å². The van der Waals surface area contributed by atoms with Crippen molar-refractivity contribution in [2.24, 2.45) is 11.8 Å². The van der Waals surface area contributed by atoms with Crippen LogP contribution >= 0.6 is 0 Å². The highest BCUT2D eigenvalue weighted by Gasteiger charge is 2.35. The van der Waals surface area contributed by atoms with E-state index in [1.165, 1.54) is 30.7 Å². The standard InChI is InChI=1S/C26H34FN3O/c27-24-11-9-20(10-12-24)13-14-28-26(31)8-4-7-25-23-15-22(16-29-25)18-30(19-23)17-21-5-2-1-3-6-21/h1-3,5-6,9-12,22-23,25,29H,4,7-8,13-19H2,(H,28,31)/t22-,23+,25+/m0/s1. The number of nitrogens with zero attached hydrogens (tertiary/aromatic N) is 1. The fourth-order valence-corrected chi connectivity index (χ4v) is 5.15. The van der Waals surface area contributed by atoms with Crippen molar-refractivity contribution in [3.05, 3.63) is 71.5 Å². The minimum absolute atomic E-state index is 0.116. The molecule has 2 saturated heterocycles. The second-order valence-corrected chi connectivity index (χ2v) is 9.17. The number of hydrogen-bond donors (Lipinski definition) is 2. The maximum atomic E-state index is 13.0. The Morgan fingerprint density at radius 2 is 1.87 bits per heavy atom. The molecule has 5 heteroatoms. The van der Waals surface area contributed by atoms with Crippen LogP contribution in [0, 0.1) is 17.7 Å². The average Bonchev–Trinajstić information content (AvgIpc) is 2.77. The van der Waals surface area contributed by atoms with Gasteiger partial charge in [-0.15, -0.1) is 0 Å². The molecule has 2 fully saturated rings. The highest BCUT2D eigenvalue weighted by Crippen LogP contribution is 2.31. The molecule has 4 nitrogen and oxygen atoms in total. The molecule has 2 aromatic carbocycles. The van der Waals surface area contributed by atoms with Crippen LogP contribution in [0.4, 0.5) is 4.39 Å². The number of carbonyl (C=O) groups excluding carboxylic acids is 1. The van der Waals surface area contributed by atoms with Crippen molar-refractivity contribution in [2.45, 2.75) is 44.7 Å². The Kier molecular flexibility index (Phi) is 7.71. The number of halogens is 1. The molecule has 2 aliphatic heterocycles. The third kappa shape index (κ3) is 6.62. The van der Waals surface area contributed by atoms with Crippen molar-refractivity contribution in [3.63, 3.8) is 0 Å². The first kappa shape index (κ1) is 22.0. The maximum absolute atomic E-state index is 13.0. The van der Waals surface area contributed by atoms with Crippen molar-refractivity contribution in [3.8, 4) is 0 Å². The second kappa shape index (κ2) is 10.9. The van der Waals surface area contributed by atoms with Crippen molar-refractivity contribution in [2.75, 3.05) is 26.2 Å². The smallest absolute Gasteiger partial charge is 0.220 e. The molecule has 3 atom stereocenters. The van der Waals surface area contributed by atoms with Gasteiger partial charge in [0.15, 0.2) is 0 Å². The van der Waals surface area contributed by atoms with Crippen LogP contribution in [0.25, 0.3) is 0 Å². The van der Waals surface area contributed by atoms with Gasteiger partial charge >= 0.3 is 0 Å². The third-order valence-electron chi connectivity index (χ3n) is 6.70. The van der Waals surface area contributed by atoms with E-state index >= 15 is 0 Å². The predicted molar refractivity (Wildman–Crippen MR) is 122 cm³/mol. The topological polar surface area (TPSA) is 44.4 Å². The number of fused-ring (bicyclic) bond motifs is 2. The van der Waals surface area contributed by atoms with Gasteiger partial charge in [0.25, 0.3) is 0 Å². The number of likely N-dealkylation sites (tertiary alicyclic amines) is 1. The van der Waals surface area contributed by atoms with Crippen molar-refractivity contribution >= 4 is 5.91 Å². The first-order valence-electron chi connectivity index (χ1n) is 11.7. The molecule has 31 heavy (non-hydrogen) atoms. The quantitative estimate of drug-likeness (QED) is 0.645. The van der Waals surface area contributed by atoms with Gasteiger partial charge in [-0.1, -0.05) is 42.5 Å². The fourth-order valence-electron chi connectivity index (χ4n) is 5.15. The monoisotopic (exact) mass is 423 g/mol. The van der Waals surface area contributed by atoms with Gasteiger partial charge in [0.05, 0.1) is 0 Å². The first-order chi connectivity index (χ1) is 15.2. The molecule has 0 saturated carbocycles. The Bertz CT molecular complexity index is 826. The number of benzene rings is 2. The van der Waals surface area contributed by atoms with Gasteiger partial charge in [0, 0.05) is 38.6 Å². The normalized spacial score (nSPS) is 23.5. The summed E-state index contributed by atoms with van der Waals surface area (Å²) in [4.78, 5) is 14.8. The van der Waals surface area contributed by atoms with Gasteiger partial charge in [0.2, 0.25) is 5.91 Å². The lowest BCUT2D eigenvalue weighted by molar-refractivity contribution is -0.121. The van der Waals surface area contributed by atoms with Crippen molar-refractivity contribution in [1.29, 1.82) is 0 Å². The lowest BCUT2D eigenvalue weighted by Crippen LogP contribution is -2.55. The van der Waals surface area contributed by atoms with Gasteiger partial charge < -0.3 is 10.6 Å². The Balaban J connectivity index is 1.16. The van der Waals surface area contributed by atoms with Crippen molar-refractivity contribution in [1.82, 2.24) is 15.5 Å². The molecular formula is C26H34FN3O. The molecular weight excluding hydrogens is 389 g/mol. The zero-order chi connectivity index (χ0) is 21.5. The molecule has 0 radical (unpaired) electrons. The summed E-state index contributed by atoms with van der Waals surface area (Å²) in [5.41, 5.74) is 2.43. The number of nitrogens with one attached hydrogen (secondary N) is 2. The summed E-state index contributed by atoms with van der Waals surface area (Å²) < 4.78 is 13.0. The van der Waals surface area contributed by atoms with Gasteiger partial charge in [-0.05, 0) is 67.3 Å². The van der Waals surface area contributed by atoms with Gasteiger partial charge in [-0.25, -0.2) is 4.39 Å². The highest BCUT2D eigenvalue weighted by atomic mass is 19.1. The van der Waals surface area contributed by atoms with Crippen LogP contribution < -0.4 is 10.6 Å². The zero-order valence-corrected chi connectivity index (χ0v) is 18.2. The van der Waals surface area contributed by atoms with Crippen LogP contribution in [-0.4, -0.2) is 43.0 Å². The molecule has 2 aromatic rings. The minimum Gasteiger partial charge on any atom is -0.356 e. The maximum Gasteiger partial charge on any atom is 0.220 e. The van der Waals surface area contributed by atoms with Crippen LogP contribution in [0.15, 0.2) is 54.6 Å². The van der Waals surface area contributed by atoms with Crippen LogP contribution in [0.3, 0.4) is 0 Å². The van der Waals surface area contributed by atoms with Crippen LogP contribution in [0.1, 0.15) is 36.8 Å². The molecule has 0 unspecified atom stereocenters. The van der Waals surface area contributed by atoms with E-state index < -0.39 is 0 Å². The molecule has 2 aliphatic rings. The zero-order valence-electron chi connectivity index (χ0n) is 18.2. The second-order valence-electron chi connectivity index (χ2n) is 9.17. The lowest BCUT2D eigenvalue weighted by atomic mass is 9.79. The molecule has 2 bridgehead atoms. The van der Waals surface area contributed by atoms with Crippen LogP contribution in [0.2, 0.25) is 0 Å². The third-order valence-corrected chi connectivity index (χ3v) is 6.70. The summed E-state index contributed by atoms with van der Waals surface area (Å²) in [5.74, 6) is 1.31. The minimum atomic E-state index is -0.225. The van der Waals surface area contributed by atoms with Crippen LogP contribution in [-0.2, 0) is 17.8 Å². The van der Waals surface area contributed by atoms with E-state index in [9.17, 15) is 9.18 Å². The Morgan fingerprint density at radius 1 is 1.06 bits per heavy atom. The van der Waals surface area contributed by atoms with Crippen molar-refractivity contribution < 1.29 is 9.18 Å². The molecule has 0 aliphatic carbocycles. The molecule has 4 rings (SSSR count). The number of amides is 1. The number of hydrogen-bond acceptors (Lipinski definition) is 3. The summed E-state index contributed by atoms with van der Waals surface area (Å²) >= 11 is 0. The van der Waals surface area contributed by atoms with E-state index in [0.29, 0.717) is 24.9 Å².